The molecule has 0 amide bonds. The monoisotopic (exact) mass is 360 g/mol. The van der Waals surface area contributed by atoms with Gasteiger partial charge in [-0.1, -0.05) is 41.9 Å². The van der Waals surface area contributed by atoms with Gasteiger partial charge in [0.1, 0.15) is 11.4 Å². The highest BCUT2D eigenvalue weighted by atomic mass is 35.5. The first-order valence-corrected chi connectivity index (χ1v) is 7.54. The molecule has 4 nitrogen and oxygen atoms in total. The second-order valence-electron chi connectivity index (χ2n) is 5.13. The Hall–Kier alpha value is -2.99. The Labute approximate surface area is 146 Å². The van der Waals surface area contributed by atoms with E-state index in [0.717, 1.165) is 18.3 Å². The Kier molecular flexibility index (Phi) is 4.63. The molecule has 0 unspecified atom stereocenters. The molecule has 2 aromatic carbocycles. The maximum Gasteiger partial charge on any atom is 0.342 e. The van der Waals surface area contributed by atoms with Crippen LogP contribution in [0.15, 0.2) is 54.7 Å². The fourth-order valence-corrected chi connectivity index (χ4v) is 2.77. The van der Waals surface area contributed by atoms with Crippen LogP contribution in [0.4, 0.5) is 20.2 Å². The zero-order valence-corrected chi connectivity index (χ0v) is 13.4. The van der Waals surface area contributed by atoms with Gasteiger partial charge >= 0.3 is 5.97 Å². The normalized spacial score (nSPS) is 10.5. The van der Waals surface area contributed by atoms with Crippen LogP contribution >= 0.6 is 11.6 Å². The molecule has 0 aliphatic carbocycles. The molecule has 0 bridgehead atoms. The number of aromatic carboxylic acids is 1. The Morgan fingerprint density at radius 1 is 1.08 bits per heavy atom. The predicted octanol–water partition coefficient (Wildman–Crippen LogP) is 5.12. The van der Waals surface area contributed by atoms with Crippen LogP contribution in [-0.2, 0) is 0 Å². The number of benzene rings is 2. The summed E-state index contributed by atoms with van der Waals surface area (Å²) in [6, 6.07) is 12.5. The van der Waals surface area contributed by atoms with Crippen molar-refractivity contribution >= 4 is 28.9 Å². The lowest BCUT2D eigenvalue weighted by molar-refractivity contribution is 0.0692. The van der Waals surface area contributed by atoms with E-state index in [1.54, 1.807) is 24.3 Å². The maximum atomic E-state index is 13.8. The molecule has 0 fully saturated rings. The number of rotatable bonds is 4. The molecule has 25 heavy (non-hydrogen) atoms. The quantitative estimate of drug-likeness (QED) is 0.634. The molecule has 126 valence electrons. The summed E-state index contributed by atoms with van der Waals surface area (Å²) in [6.45, 7) is 0. The number of nitrogens with zero attached hydrogens (tertiary/aromatic N) is 1. The van der Waals surface area contributed by atoms with E-state index in [1.165, 1.54) is 6.07 Å². The van der Waals surface area contributed by atoms with E-state index in [9.17, 15) is 18.7 Å². The Balaban J connectivity index is 2.17. The zero-order valence-electron chi connectivity index (χ0n) is 12.6. The third-order valence-electron chi connectivity index (χ3n) is 3.51. The van der Waals surface area contributed by atoms with Gasteiger partial charge in [-0.25, -0.2) is 14.2 Å². The number of carboxylic acids is 1. The average Bonchev–Trinajstić information content (AvgIpc) is 2.55. The summed E-state index contributed by atoms with van der Waals surface area (Å²) in [6.07, 6.45) is 1.12. The van der Waals surface area contributed by atoms with Crippen LogP contribution < -0.4 is 5.32 Å². The Bertz CT molecular complexity index is 949. The second kappa shape index (κ2) is 6.86. The summed E-state index contributed by atoms with van der Waals surface area (Å²) in [5.74, 6) is -3.24. The maximum absolute atomic E-state index is 13.8. The highest BCUT2D eigenvalue weighted by molar-refractivity contribution is 6.34. The smallest absolute Gasteiger partial charge is 0.342 e. The van der Waals surface area contributed by atoms with Crippen LogP contribution in [-0.4, -0.2) is 16.1 Å². The molecule has 0 saturated heterocycles. The summed E-state index contributed by atoms with van der Waals surface area (Å²) in [7, 11) is 0. The molecule has 7 heteroatoms. The number of halogens is 3. The third kappa shape index (κ3) is 3.44. The molecular formula is C18H11ClF2N2O2. The number of carbonyl (C=O) groups is 1. The average molecular weight is 361 g/mol. The van der Waals surface area contributed by atoms with Crippen molar-refractivity contribution in [3.63, 3.8) is 0 Å². The van der Waals surface area contributed by atoms with Crippen LogP contribution in [0.1, 0.15) is 10.4 Å². The molecular weight excluding hydrogens is 350 g/mol. The second-order valence-corrected chi connectivity index (χ2v) is 5.54. The fourth-order valence-electron chi connectivity index (χ4n) is 2.46. The van der Waals surface area contributed by atoms with Crippen LogP contribution in [0, 0.1) is 11.8 Å². The molecule has 1 aromatic heterocycles. The summed E-state index contributed by atoms with van der Waals surface area (Å²) >= 11 is 6.19. The number of aromatic nitrogens is 1. The molecule has 2 N–H and O–H groups in total. The zero-order chi connectivity index (χ0) is 18.0. The predicted molar refractivity (Wildman–Crippen MR) is 91.3 cm³/mol. The highest BCUT2D eigenvalue weighted by Gasteiger charge is 2.19. The number of anilines is 2. The first-order chi connectivity index (χ1) is 12.0. The van der Waals surface area contributed by atoms with Crippen molar-refractivity contribution in [2.75, 3.05) is 5.32 Å². The van der Waals surface area contributed by atoms with Gasteiger partial charge < -0.3 is 10.4 Å². The standard InChI is InChI=1S/C18H11ClF2N2O2/c19-12-8-11(20)9-14(15(12)10-4-2-1-3-5-10)23-13-6-7-22-17(21)16(13)18(24)25/h1-9H,(H,22,23)(H,24,25). The van der Waals surface area contributed by atoms with Crippen LogP contribution in [0.5, 0.6) is 0 Å². The molecule has 0 aliphatic rings. The van der Waals surface area contributed by atoms with Gasteiger partial charge in [0.2, 0.25) is 5.95 Å². The van der Waals surface area contributed by atoms with Crippen molar-refractivity contribution in [3.8, 4) is 11.1 Å². The highest BCUT2D eigenvalue weighted by Crippen LogP contribution is 2.38. The van der Waals surface area contributed by atoms with Gasteiger partial charge in [-0.3, -0.25) is 0 Å². The molecule has 0 saturated carbocycles. The van der Waals surface area contributed by atoms with Crippen molar-refractivity contribution in [1.82, 2.24) is 4.98 Å². The van der Waals surface area contributed by atoms with Crippen LogP contribution in [0.3, 0.4) is 0 Å². The molecule has 1 heterocycles. The van der Waals surface area contributed by atoms with Crippen molar-refractivity contribution < 1.29 is 18.7 Å². The van der Waals surface area contributed by atoms with E-state index in [0.29, 0.717) is 11.1 Å². The molecule has 0 atom stereocenters. The number of hydrogen-bond acceptors (Lipinski definition) is 3. The van der Waals surface area contributed by atoms with E-state index in [2.05, 4.69) is 10.3 Å². The summed E-state index contributed by atoms with van der Waals surface area (Å²) in [4.78, 5) is 14.6. The van der Waals surface area contributed by atoms with Gasteiger partial charge in [-0.15, -0.1) is 0 Å². The van der Waals surface area contributed by atoms with Gasteiger partial charge in [0.15, 0.2) is 0 Å². The van der Waals surface area contributed by atoms with Gasteiger partial charge in [0.25, 0.3) is 0 Å². The number of hydrogen-bond donors (Lipinski definition) is 2. The van der Waals surface area contributed by atoms with E-state index in [1.807, 2.05) is 6.07 Å². The van der Waals surface area contributed by atoms with Gasteiger partial charge in [0.05, 0.1) is 16.4 Å². The van der Waals surface area contributed by atoms with E-state index in [-0.39, 0.29) is 16.4 Å². The lowest BCUT2D eigenvalue weighted by atomic mass is 10.0. The van der Waals surface area contributed by atoms with Crippen molar-refractivity contribution in [1.29, 1.82) is 0 Å². The lowest BCUT2D eigenvalue weighted by Crippen LogP contribution is -2.08. The summed E-state index contributed by atoms with van der Waals surface area (Å²) in [5, 5.41) is 12.1. The SMILES string of the molecule is O=C(O)c1c(Nc2cc(F)cc(Cl)c2-c2ccccc2)ccnc1F. The summed E-state index contributed by atoms with van der Waals surface area (Å²) in [5.41, 5.74) is 0.684. The topological polar surface area (TPSA) is 62.2 Å². The number of carboxylic acid groups (broad SMARTS) is 1. The molecule has 3 aromatic rings. The van der Waals surface area contributed by atoms with Gasteiger partial charge in [-0.2, -0.15) is 4.39 Å². The first-order valence-electron chi connectivity index (χ1n) is 7.16. The van der Waals surface area contributed by atoms with Gasteiger partial charge in [0, 0.05) is 11.8 Å². The van der Waals surface area contributed by atoms with Crippen molar-refractivity contribution in [2.24, 2.45) is 0 Å². The van der Waals surface area contributed by atoms with Crippen molar-refractivity contribution in [3.05, 3.63) is 77.1 Å². The minimum Gasteiger partial charge on any atom is -0.477 e. The molecule has 3 rings (SSSR count). The van der Waals surface area contributed by atoms with E-state index in [4.69, 9.17) is 11.6 Å². The van der Waals surface area contributed by atoms with Crippen molar-refractivity contribution in [2.45, 2.75) is 0 Å². The summed E-state index contributed by atoms with van der Waals surface area (Å²) < 4.78 is 27.6. The molecule has 0 spiro atoms. The fraction of sp³-hybridized carbons (Fsp3) is 0. The molecule has 0 radical (unpaired) electrons. The van der Waals surface area contributed by atoms with E-state index >= 15 is 0 Å². The van der Waals surface area contributed by atoms with Gasteiger partial charge in [-0.05, 0) is 23.8 Å². The lowest BCUT2D eigenvalue weighted by Gasteiger charge is -2.16. The number of pyridine rings is 1. The minimum absolute atomic E-state index is 0.0566. The Morgan fingerprint density at radius 3 is 2.48 bits per heavy atom. The molecule has 0 aliphatic heterocycles. The first kappa shape index (κ1) is 16.9. The third-order valence-corrected chi connectivity index (χ3v) is 3.80. The minimum atomic E-state index is -1.49. The Morgan fingerprint density at radius 2 is 1.80 bits per heavy atom. The van der Waals surface area contributed by atoms with E-state index < -0.39 is 23.3 Å². The van der Waals surface area contributed by atoms with Crippen LogP contribution in [0.2, 0.25) is 5.02 Å². The largest absolute Gasteiger partial charge is 0.477 e. The number of nitrogens with one attached hydrogen (secondary N) is 1. The van der Waals surface area contributed by atoms with Crippen LogP contribution in [0.25, 0.3) is 11.1 Å².